The zero-order valence-electron chi connectivity index (χ0n) is 9.92. The van der Waals surface area contributed by atoms with Crippen LogP contribution in [0.5, 0.6) is 0 Å². The number of carbonyl (C=O) groups excluding carboxylic acids is 1. The van der Waals surface area contributed by atoms with E-state index in [1.807, 2.05) is 12.1 Å². The maximum atomic E-state index is 12.1. The van der Waals surface area contributed by atoms with Gasteiger partial charge in [0.2, 0.25) is 0 Å². The zero-order valence-corrected chi connectivity index (χ0v) is 10.7. The molecule has 0 saturated carbocycles. The normalized spacial score (nSPS) is 10.7. The summed E-state index contributed by atoms with van der Waals surface area (Å²) in [6, 6.07) is 7.30. The minimum Gasteiger partial charge on any atom is -0.467 e. The number of furan rings is 1. The van der Waals surface area contributed by atoms with Gasteiger partial charge >= 0.3 is 0 Å². The van der Waals surface area contributed by atoms with Gasteiger partial charge in [0.1, 0.15) is 16.2 Å². The number of amides is 1. The van der Waals surface area contributed by atoms with Crippen LogP contribution in [0.1, 0.15) is 15.4 Å². The fraction of sp³-hybridized carbons (Fsp3) is 0.0769. The number of pyridine rings is 1. The first-order valence-electron chi connectivity index (χ1n) is 5.69. The van der Waals surface area contributed by atoms with Crippen LogP contribution >= 0.6 is 11.3 Å². The lowest BCUT2D eigenvalue weighted by atomic mass is 10.3. The average Bonchev–Trinajstić information content (AvgIpc) is 3.05. The van der Waals surface area contributed by atoms with Crippen LogP contribution in [0, 0.1) is 0 Å². The van der Waals surface area contributed by atoms with E-state index in [4.69, 9.17) is 10.2 Å². The Kier molecular flexibility index (Phi) is 2.92. The second kappa shape index (κ2) is 4.74. The van der Waals surface area contributed by atoms with Crippen molar-refractivity contribution in [3.05, 3.63) is 47.4 Å². The summed E-state index contributed by atoms with van der Waals surface area (Å²) in [6.07, 6.45) is 3.23. The second-order valence-electron chi connectivity index (χ2n) is 3.96. The number of thiophene rings is 1. The van der Waals surface area contributed by atoms with Crippen LogP contribution in [0.2, 0.25) is 0 Å². The Hall–Kier alpha value is -2.34. The molecular weight excluding hydrogens is 262 g/mol. The van der Waals surface area contributed by atoms with Gasteiger partial charge in [-0.25, -0.2) is 0 Å². The molecule has 0 fully saturated rings. The lowest BCUT2D eigenvalue weighted by molar-refractivity contribution is 0.0953. The van der Waals surface area contributed by atoms with Crippen molar-refractivity contribution >= 4 is 33.1 Å². The van der Waals surface area contributed by atoms with E-state index in [9.17, 15) is 4.79 Å². The molecule has 0 unspecified atom stereocenters. The van der Waals surface area contributed by atoms with Crippen LogP contribution < -0.4 is 11.1 Å². The van der Waals surface area contributed by atoms with E-state index < -0.39 is 0 Å². The third-order valence-electron chi connectivity index (χ3n) is 2.69. The maximum absolute atomic E-state index is 12.1. The first kappa shape index (κ1) is 11.7. The van der Waals surface area contributed by atoms with Gasteiger partial charge in [0.25, 0.3) is 5.91 Å². The SMILES string of the molecule is Nc1c(C(=O)NCc2ccco2)sc2cccnc12. The molecule has 0 aliphatic heterocycles. The highest BCUT2D eigenvalue weighted by molar-refractivity contribution is 7.21. The van der Waals surface area contributed by atoms with Crippen LogP contribution in [0.4, 0.5) is 5.69 Å². The molecule has 0 radical (unpaired) electrons. The number of hydrogen-bond acceptors (Lipinski definition) is 5. The summed E-state index contributed by atoms with van der Waals surface area (Å²) in [4.78, 5) is 16.7. The molecule has 0 aliphatic carbocycles. The molecule has 0 atom stereocenters. The largest absolute Gasteiger partial charge is 0.467 e. The highest BCUT2D eigenvalue weighted by Gasteiger charge is 2.16. The number of fused-ring (bicyclic) bond motifs is 1. The molecule has 3 aromatic heterocycles. The second-order valence-corrected chi connectivity index (χ2v) is 5.01. The standard InChI is InChI=1S/C13H11N3O2S/c14-10-11-9(4-1-5-15-11)19-12(10)13(17)16-7-8-3-2-6-18-8/h1-6H,7,14H2,(H,16,17). The van der Waals surface area contributed by atoms with Gasteiger partial charge in [-0.1, -0.05) is 0 Å². The van der Waals surface area contributed by atoms with Crippen LogP contribution in [-0.4, -0.2) is 10.9 Å². The van der Waals surface area contributed by atoms with Gasteiger partial charge < -0.3 is 15.5 Å². The van der Waals surface area contributed by atoms with Gasteiger partial charge in [0.15, 0.2) is 0 Å². The number of carbonyl (C=O) groups is 1. The third-order valence-corrected chi connectivity index (χ3v) is 3.85. The molecule has 1 amide bonds. The fourth-order valence-electron chi connectivity index (χ4n) is 1.78. The zero-order chi connectivity index (χ0) is 13.2. The Balaban J connectivity index is 1.83. The number of nitrogens with one attached hydrogen (secondary N) is 1. The fourth-order valence-corrected chi connectivity index (χ4v) is 2.77. The molecule has 0 spiro atoms. The third kappa shape index (κ3) is 2.17. The van der Waals surface area contributed by atoms with Crippen molar-refractivity contribution in [2.45, 2.75) is 6.54 Å². The maximum Gasteiger partial charge on any atom is 0.263 e. The van der Waals surface area contributed by atoms with Crippen LogP contribution in [0.15, 0.2) is 41.1 Å². The summed E-state index contributed by atoms with van der Waals surface area (Å²) >= 11 is 1.34. The minimum atomic E-state index is -0.211. The van der Waals surface area contributed by atoms with E-state index in [1.165, 1.54) is 11.3 Å². The van der Waals surface area contributed by atoms with Crippen LogP contribution in [0.25, 0.3) is 10.2 Å². The molecule has 0 saturated heterocycles. The number of rotatable bonds is 3. The topological polar surface area (TPSA) is 81.2 Å². The molecule has 0 bridgehead atoms. The first-order chi connectivity index (χ1) is 9.25. The Bertz CT molecular complexity index is 719. The lowest BCUT2D eigenvalue weighted by Crippen LogP contribution is -2.22. The van der Waals surface area contributed by atoms with E-state index in [0.717, 1.165) is 4.70 Å². The summed E-state index contributed by atoms with van der Waals surface area (Å²) in [5.41, 5.74) is 7.06. The monoisotopic (exact) mass is 273 g/mol. The van der Waals surface area contributed by atoms with E-state index in [0.29, 0.717) is 28.4 Å². The predicted molar refractivity (Wildman–Crippen MR) is 73.9 cm³/mol. The smallest absolute Gasteiger partial charge is 0.263 e. The average molecular weight is 273 g/mol. The molecule has 0 aliphatic rings. The van der Waals surface area contributed by atoms with Crippen LogP contribution in [-0.2, 0) is 6.54 Å². The molecule has 3 N–H and O–H groups in total. The quantitative estimate of drug-likeness (QED) is 0.767. The van der Waals surface area contributed by atoms with Crippen molar-refractivity contribution in [1.82, 2.24) is 10.3 Å². The molecule has 3 rings (SSSR count). The molecule has 0 aromatic carbocycles. The molecule has 96 valence electrons. The van der Waals surface area contributed by atoms with Gasteiger partial charge in [-0.05, 0) is 24.3 Å². The number of aromatic nitrogens is 1. The van der Waals surface area contributed by atoms with Gasteiger partial charge in [-0.3, -0.25) is 9.78 Å². The number of anilines is 1. The summed E-state index contributed by atoms with van der Waals surface area (Å²) in [7, 11) is 0. The van der Waals surface area contributed by atoms with E-state index in [1.54, 1.807) is 24.6 Å². The number of hydrogen-bond donors (Lipinski definition) is 2. The number of nitrogens with two attached hydrogens (primary N) is 1. The number of nitrogens with zero attached hydrogens (tertiary/aromatic N) is 1. The highest BCUT2D eigenvalue weighted by Crippen LogP contribution is 2.31. The van der Waals surface area contributed by atoms with E-state index in [-0.39, 0.29) is 5.91 Å². The summed E-state index contributed by atoms with van der Waals surface area (Å²) < 4.78 is 6.06. The Labute approximate surface area is 113 Å². The van der Waals surface area contributed by atoms with Crippen molar-refractivity contribution in [1.29, 1.82) is 0 Å². The van der Waals surface area contributed by atoms with Gasteiger partial charge in [0, 0.05) is 6.20 Å². The summed E-state index contributed by atoms with van der Waals surface area (Å²) in [6.45, 7) is 0.340. The van der Waals surface area contributed by atoms with Gasteiger partial charge in [-0.15, -0.1) is 11.3 Å². The molecular formula is C13H11N3O2S. The van der Waals surface area contributed by atoms with Crippen molar-refractivity contribution in [2.75, 3.05) is 5.73 Å². The molecule has 5 nitrogen and oxygen atoms in total. The van der Waals surface area contributed by atoms with E-state index in [2.05, 4.69) is 10.3 Å². The Morgan fingerprint density at radius 1 is 1.42 bits per heavy atom. The summed E-state index contributed by atoms with van der Waals surface area (Å²) in [5, 5.41) is 2.77. The van der Waals surface area contributed by atoms with E-state index >= 15 is 0 Å². The predicted octanol–water partition coefficient (Wildman–Crippen LogP) is 2.40. The van der Waals surface area contributed by atoms with Crippen molar-refractivity contribution in [2.24, 2.45) is 0 Å². The molecule has 3 heterocycles. The Morgan fingerprint density at radius 3 is 3.05 bits per heavy atom. The van der Waals surface area contributed by atoms with Crippen LogP contribution in [0.3, 0.4) is 0 Å². The van der Waals surface area contributed by atoms with Crippen molar-refractivity contribution < 1.29 is 9.21 Å². The molecule has 3 aromatic rings. The molecule has 19 heavy (non-hydrogen) atoms. The number of nitrogen functional groups attached to an aromatic ring is 1. The summed E-state index contributed by atoms with van der Waals surface area (Å²) in [5.74, 6) is 0.489. The molecule has 6 heteroatoms. The van der Waals surface area contributed by atoms with Gasteiger partial charge in [0.05, 0.1) is 23.2 Å². The highest BCUT2D eigenvalue weighted by atomic mass is 32.1. The Morgan fingerprint density at radius 2 is 2.32 bits per heavy atom. The first-order valence-corrected chi connectivity index (χ1v) is 6.51. The minimum absolute atomic E-state index is 0.211. The lowest BCUT2D eigenvalue weighted by Gasteiger charge is -2.01. The van der Waals surface area contributed by atoms with Crippen molar-refractivity contribution in [3.63, 3.8) is 0 Å². The van der Waals surface area contributed by atoms with Gasteiger partial charge in [-0.2, -0.15) is 0 Å². The van der Waals surface area contributed by atoms with Crippen molar-refractivity contribution in [3.8, 4) is 0 Å².